The number of carbonyl (C=O) groups is 1. The molecule has 1 aromatic carbocycles. The number of para-hydroxylation sites is 1. The molecule has 0 aliphatic carbocycles. The van der Waals surface area contributed by atoms with Crippen molar-refractivity contribution in [3.8, 4) is 0 Å². The van der Waals surface area contributed by atoms with Crippen molar-refractivity contribution in [1.29, 1.82) is 0 Å². The van der Waals surface area contributed by atoms with Crippen molar-refractivity contribution in [3.63, 3.8) is 0 Å². The smallest absolute Gasteiger partial charge is 0.217 e. The normalized spacial score (nSPS) is 11.0. The van der Waals surface area contributed by atoms with Crippen molar-refractivity contribution >= 4 is 28.6 Å². The van der Waals surface area contributed by atoms with Gasteiger partial charge in [0.15, 0.2) is 5.16 Å². The number of primary amides is 1. The Kier molecular flexibility index (Phi) is 4.57. The molecule has 2 aromatic heterocycles. The monoisotopic (exact) mass is 327 g/mol. The van der Waals surface area contributed by atoms with Gasteiger partial charge in [-0.3, -0.25) is 9.78 Å². The SMILES string of the molecule is Cn1c(CCC(N)=O)nnc1SCc1cccc2cccnc12. The van der Waals surface area contributed by atoms with Crippen molar-refractivity contribution in [2.24, 2.45) is 12.8 Å². The molecular weight excluding hydrogens is 310 g/mol. The highest BCUT2D eigenvalue weighted by Crippen LogP contribution is 2.25. The first kappa shape index (κ1) is 15.5. The number of carbonyl (C=O) groups excluding carboxylic acids is 1. The van der Waals surface area contributed by atoms with E-state index in [2.05, 4.69) is 33.4 Å². The van der Waals surface area contributed by atoms with Crippen LogP contribution in [-0.4, -0.2) is 25.7 Å². The maximum Gasteiger partial charge on any atom is 0.217 e. The van der Waals surface area contributed by atoms with E-state index in [1.165, 1.54) is 0 Å². The third kappa shape index (κ3) is 3.50. The van der Waals surface area contributed by atoms with Gasteiger partial charge in [0.1, 0.15) is 5.82 Å². The second kappa shape index (κ2) is 6.78. The summed E-state index contributed by atoms with van der Waals surface area (Å²) in [6.45, 7) is 0. The van der Waals surface area contributed by atoms with E-state index in [1.54, 1.807) is 18.0 Å². The van der Waals surface area contributed by atoms with Crippen LogP contribution >= 0.6 is 11.8 Å². The predicted octanol–water partition coefficient (Wildman–Crippen LogP) is 2.07. The molecule has 0 unspecified atom stereocenters. The minimum absolute atomic E-state index is 0.282. The van der Waals surface area contributed by atoms with E-state index in [9.17, 15) is 4.79 Å². The van der Waals surface area contributed by atoms with E-state index < -0.39 is 0 Å². The fourth-order valence-electron chi connectivity index (χ4n) is 2.35. The van der Waals surface area contributed by atoms with Crippen LogP contribution in [0.1, 0.15) is 17.8 Å². The van der Waals surface area contributed by atoms with E-state index in [4.69, 9.17) is 5.73 Å². The van der Waals surface area contributed by atoms with Crippen LogP contribution in [0.3, 0.4) is 0 Å². The zero-order valence-electron chi connectivity index (χ0n) is 12.8. The van der Waals surface area contributed by atoms with E-state index in [0.717, 1.165) is 33.2 Å². The number of pyridine rings is 1. The molecule has 23 heavy (non-hydrogen) atoms. The first-order valence-corrected chi connectivity index (χ1v) is 8.25. The maximum atomic E-state index is 10.9. The summed E-state index contributed by atoms with van der Waals surface area (Å²) in [5.74, 6) is 1.20. The Labute approximate surface area is 138 Å². The second-order valence-electron chi connectivity index (χ2n) is 5.21. The molecule has 0 saturated heterocycles. The van der Waals surface area contributed by atoms with Gasteiger partial charge in [0.2, 0.25) is 5.91 Å². The number of nitrogens with two attached hydrogens (primary N) is 1. The Morgan fingerprint density at radius 2 is 2.09 bits per heavy atom. The van der Waals surface area contributed by atoms with Crippen LogP contribution in [-0.2, 0) is 24.0 Å². The van der Waals surface area contributed by atoms with Crippen molar-refractivity contribution in [2.45, 2.75) is 23.8 Å². The molecule has 0 bridgehead atoms. The van der Waals surface area contributed by atoms with E-state index >= 15 is 0 Å². The van der Waals surface area contributed by atoms with E-state index in [0.29, 0.717) is 6.42 Å². The molecule has 0 saturated carbocycles. The van der Waals surface area contributed by atoms with Crippen LogP contribution in [0.15, 0.2) is 41.7 Å². The van der Waals surface area contributed by atoms with E-state index in [-0.39, 0.29) is 12.3 Å². The molecule has 0 aliphatic rings. The summed E-state index contributed by atoms with van der Waals surface area (Å²) < 4.78 is 1.91. The lowest BCUT2D eigenvalue weighted by atomic mass is 10.1. The highest BCUT2D eigenvalue weighted by Gasteiger charge is 2.11. The average molecular weight is 327 g/mol. The van der Waals surface area contributed by atoms with Crippen LogP contribution in [0.4, 0.5) is 0 Å². The number of aryl methyl sites for hydroxylation is 1. The first-order valence-electron chi connectivity index (χ1n) is 7.27. The largest absolute Gasteiger partial charge is 0.370 e. The van der Waals surface area contributed by atoms with Gasteiger partial charge in [-0.2, -0.15) is 0 Å². The molecule has 0 fully saturated rings. The lowest BCUT2D eigenvalue weighted by Crippen LogP contribution is -2.12. The van der Waals surface area contributed by atoms with Crippen molar-refractivity contribution < 1.29 is 4.79 Å². The second-order valence-corrected chi connectivity index (χ2v) is 6.15. The summed E-state index contributed by atoms with van der Waals surface area (Å²) in [6, 6.07) is 10.2. The Bertz CT molecular complexity index is 840. The molecule has 3 aromatic rings. The van der Waals surface area contributed by atoms with Gasteiger partial charge in [-0.05, 0) is 11.6 Å². The Morgan fingerprint density at radius 3 is 2.91 bits per heavy atom. The van der Waals surface area contributed by atoms with Crippen molar-refractivity contribution in [3.05, 3.63) is 47.9 Å². The molecule has 0 aliphatic heterocycles. The number of nitrogens with zero attached hydrogens (tertiary/aromatic N) is 4. The number of rotatable bonds is 6. The predicted molar refractivity (Wildman–Crippen MR) is 89.8 cm³/mol. The van der Waals surface area contributed by atoms with Gasteiger partial charge in [0, 0.05) is 37.2 Å². The van der Waals surface area contributed by atoms with Gasteiger partial charge in [-0.15, -0.1) is 10.2 Å². The van der Waals surface area contributed by atoms with Crippen molar-refractivity contribution in [2.75, 3.05) is 0 Å². The number of fused-ring (bicyclic) bond motifs is 1. The van der Waals surface area contributed by atoms with Crippen LogP contribution in [0.2, 0.25) is 0 Å². The van der Waals surface area contributed by atoms with Crippen LogP contribution in [0.5, 0.6) is 0 Å². The summed E-state index contributed by atoms with van der Waals surface area (Å²) in [5, 5.41) is 10.3. The zero-order valence-corrected chi connectivity index (χ0v) is 13.6. The highest BCUT2D eigenvalue weighted by molar-refractivity contribution is 7.98. The number of hydrogen-bond donors (Lipinski definition) is 1. The molecule has 3 rings (SSSR count). The molecule has 7 heteroatoms. The van der Waals surface area contributed by atoms with Crippen molar-refractivity contribution in [1.82, 2.24) is 19.7 Å². The summed E-state index contributed by atoms with van der Waals surface area (Å²) in [5.41, 5.74) is 7.35. The maximum absolute atomic E-state index is 10.9. The van der Waals surface area contributed by atoms with E-state index in [1.807, 2.05) is 23.7 Å². The van der Waals surface area contributed by atoms with Gasteiger partial charge in [-0.25, -0.2) is 0 Å². The highest BCUT2D eigenvalue weighted by atomic mass is 32.2. The third-order valence-corrected chi connectivity index (χ3v) is 4.66. The van der Waals surface area contributed by atoms with Gasteiger partial charge in [0.05, 0.1) is 5.52 Å². The molecule has 6 nitrogen and oxygen atoms in total. The summed E-state index contributed by atoms with van der Waals surface area (Å²) in [7, 11) is 1.90. The summed E-state index contributed by atoms with van der Waals surface area (Å²) >= 11 is 1.60. The molecular formula is C16H17N5OS. The minimum atomic E-state index is -0.330. The van der Waals surface area contributed by atoms with Gasteiger partial charge in [-0.1, -0.05) is 36.0 Å². The minimum Gasteiger partial charge on any atom is -0.370 e. The number of amides is 1. The topological polar surface area (TPSA) is 86.7 Å². The molecule has 2 N–H and O–H groups in total. The lowest BCUT2D eigenvalue weighted by molar-refractivity contribution is -0.118. The summed E-state index contributed by atoms with van der Waals surface area (Å²) in [4.78, 5) is 15.3. The fourth-order valence-corrected chi connectivity index (χ4v) is 3.26. The number of aromatic nitrogens is 4. The molecule has 0 atom stereocenters. The van der Waals surface area contributed by atoms with Crippen LogP contribution in [0.25, 0.3) is 10.9 Å². The molecule has 0 spiro atoms. The standard InChI is InChI=1S/C16H17N5OS/c1-21-14(8-7-13(17)22)19-20-16(21)23-10-12-5-2-4-11-6-3-9-18-15(11)12/h2-6,9H,7-8,10H2,1H3,(H2,17,22). The van der Waals surface area contributed by atoms with Crippen LogP contribution < -0.4 is 5.73 Å². The number of thioether (sulfide) groups is 1. The average Bonchev–Trinajstić information content (AvgIpc) is 2.91. The van der Waals surface area contributed by atoms with Gasteiger partial charge >= 0.3 is 0 Å². The molecule has 118 valence electrons. The Morgan fingerprint density at radius 1 is 1.26 bits per heavy atom. The third-order valence-electron chi connectivity index (χ3n) is 3.59. The Balaban J connectivity index is 1.74. The molecule has 0 radical (unpaired) electrons. The molecule has 1 amide bonds. The quantitative estimate of drug-likeness (QED) is 0.700. The first-order chi connectivity index (χ1) is 11.1. The van der Waals surface area contributed by atoms with Gasteiger partial charge < -0.3 is 10.3 Å². The molecule has 2 heterocycles. The fraction of sp³-hybridized carbons (Fsp3) is 0.250. The summed E-state index contributed by atoms with van der Waals surface area (Å²) in [6.07, 6.45) is 2.60. The van der Waals surface area contributed by atoms with Gasteiger partial charge in [0.25, 0.3) is 0 Å². The van der Waals surface area contributed by atoms with Crippen LogP contribution in [0, 0.1) is 0 Å². The Hall–Kier alpha value is -2.41. The number of benzene rings is 1. The number of hydrogen-bond acceptors (Lipinski definition) is 5. The zero-order chi connectivity index (χ0) is 16.2. The lowest BCUT2D eigenvalue weighted by Gasteiger charge is -2.06.